The van der Waals surface area contributed by atoms with Gasteiger partial charge < -0.3 is 18.9 Å². The molecule has 3 aromatic rings. The van der Waals surface area contributed by atoms with E-state index in [9.17, 15) is 14.9 Å². The lowest BCUT2D eigenvalue weighted by Crippen LogP contribution is -2.32. The molecule has 0 N–H and O–H groups in total. The average Bonchev–Trinajstić information content (AvgIpc) is 3.19. The largest absolute Gasteiger partial charge is 0.493 e. The monoisotopic (exact) mass is 488 g/mol. The Morgan fingerprint density at radius 2 is 1.89 bits per heavy atom. The van der Waals surface area contributed by atoms with Crippen molar-refractivity contribution in [3.05, 3.63) is 92.2 Å². The highest BCUT2D eigenvalue weighted by atomic mass is 16.6. The van der Waals surface area contributed by atoms with Crippen LogP contribution >= 0.6 is 0 Å². The van der Waals surface area contributed by atoms with Crippen LogP contribution in [-0.4, -0.2) is 36.6 Å². The minimum atomic E-state index is -0.475. The lowest BCUT2D eigenvalue weighted by atomic mass is 9.99. The van der Waals surface area contributed by atoms with Crippen LogP contribution in [0.2, 0.25) is 0 Å². The summed E-state index contributed by atoms with van der Waals surface area (Å²) < 4.78 is 22.7. The molecule has 2 aliphatic rings. The molecule has 0 radical (unpaired) electrons. The summed E-state index contributed by atoms with van der Waals surface area (Å²) in [6.45, 7) is 3.46. The van der Waals surface area contributed by atoms with Crippen molar-refractivity contribution in [1.82, 2.24) is 4.90 Å². The van der Waals surface area contributed by atoms with Gasteiger partial charge in [-0.15, -0.1) is 0 Å². The smallest absolute Gasteiger partial charge is 0.270 e. The molecular formula is C27H24N2O7. The molecule has 0 spiro atoms. The lowest BCUT2D eigenvalue weighted by molar-refractivity contribution is -0.384. The summed E-state index contributed by atoms with van der Waals surface area (Å²) in [4.78, 5) is 25.9. The van der Waals surface area contributed by atoms with Gasteiger partial charge in [0.15, 0.2) is 17.3 Å². The van der Waals surface area contributed by atoms with Crippen molar-refractivity contribution in [2.45, 2.75) is 20.0 Å². The van der Waals surface area contributed by atoms with E-state index in [1.807, 2.05) is 31.2 Å². The predicted octanol–water partition coefficient (Wildman–Crippen LogP) is 4.89. The normalized spacial score (nSPS) is 15.6. The number of allylic oxidation sites excluding steroid dienone is 1. The fourth-order valence-electron chi connectivity index (χ4n) is 4.51. The first-order valence-electron chi connectivity index (χ1n) is 11.3. The Kier molecular flexibility index (Phi) is 6.07. The maximum absolute atomic E-state index is 13.2. The van der Waals surface area contributed by atoms with E-state index in [0.717, 1.165) is 16.7 Å². The number of hydrogen-bond acceptors (Lipinski definition) is 8. The zero-order valence-corrected chi connectivity index (χ0v) is 20.1. The van der Waals surface area contributed by atoms with Crippen LogP contribution < -0.4 is 18.9 Å². The van der Waals surface area contributed by atoms with Gasteiger partial charge >= 0.3 is 0 Å². The molecule has 9 nitrogen and oxygen atoms in total. The first-order chi connectivity index (χ1) is 17.4. The van der Waals surface area contributed by atoms with Crippen LogP contribution in [0.1, 0.15) is 32.6 Å². The van der Waals surface area contributed by atoms with Crippen molar-refractivity contribution in [3.8, 4) is 23.0 Å². The number of rotatable bonds is 6. The number of methoxy groups -OCH3 is 2. The molecular weight excluding hydrogens is 464 g/mol. The van der Waals surface area contributed by atoms with Gasteiger partial charge in [-0.3, -0.25) is 19.8 Å². The molecule has 0 bridgehead atoms. The van der Waals surface area contributed by atoms with Gasteiger partial charge in [0.1, 0.15) is 18.2 Å². The predicted molar refractivity (Wildman–Crippen MR) is 131 cm³/mol. The Labute approximate surface area is 207 Å². The highest BCUT2D eigenvalue weighted by Crippen LogP contribution is 2.43. The van der Waals surface area contributed by atoms with Crippen molar-refractivity contribution >= 4 is 17.5 Å². The third kappa shape index (κ3) is 4.25. The fourth-order valence-corrected chi connectivity index (χ4v) is 4.51. The van der Waals surface area contributed by atoms with Crippen molar-refractivity contribution in [2.24, 2.45) is 0 Å². The molecule has 0 aromatic heterocycles. The van der Waals surface area contributed by atoms with Crippen LogP contribution in [0.5, 0.6) is 23.0 Å². The third-order valence-corrected chi connectivity index (χ3v) is 6.23. The topological polar surface area (TPSA) is 100 Å². The number of non-ortho nitro benzene ring substituents is 1. The van der Waals surface area contributed by atoms with Gasteiger partial charge in [0, 0.05) is 36.3 Å². The van der Waals surface area contributed by atoms with Gasteiger partial charge in [-0.2, -0.15) is 0 Å². The first-order valence-corrected chi connectivity index (χ1v) is 11.3. The number of nitrogens with zero attached hydrogens (tertiary/aromatic N) is 2. The van der Waals surface area contributed by atoms with E-state index in [2.05, 4.69) is 4.90 Å². The van der Waals surface area contributed by atoms with Gasteiger partial charge in [-0.25, -0.2) is 0 Å². The van der Waals surface area contributed by atoms with Gasteiger partial charge in [0.2, 0.25) is 5.78 Å². The molecule has 0 saturated carbocycles. The van der Waals surface area contributed by atoms with Crippen LogP contribution in [-0.2, 0) is 13.1 Å². The van der Waals surface area contributed by atoms with Crippen LogP contribution in [0.25, 0.3) is 6.08 Å². The number of carbonyl (C=O) groups excluding carboxylic acids is 1. The second kappa shape index (κ2) is 9.35. The first kappa shape index (κ1) is 23.4. The van der Waals surface area contributed by atoms with Crippen molar-refractivity contribution < 1.29 is 28.7 Å². The molecule has 5 rings (SSSR count). The quantitative estimate of drug-likeness (QED) is 0.275. The van der Waals surface area contributed by atoms with E-state index in [4.69, 9.17) is 18.9 Å². The summed E-state index contributed by atoms with van der Waals surface area (Å²) >= 11 is 0. The average molecular weight is 488 g/mol. The zero-order valence-electron chi connectivity index (χ0n) is 20.1. The maximum Gasteiger partial charge on any atom is 0.270 e. The number of nitro groups is 1. The van der Waals surface area contributed by atoms with Gasteiger partial charge in [-0.1, -0.05) is 18.2 Å². The number of Topliss-reactive ketones (excluding diaryl/α,β-unsaturated/α-hetero) is 1. The summed E-state index contributed by atoms with van der Waals surface area (Å²) in [5.41, 5.74) is 3.61. The van der Waals surface area contributed by atoms with Crippen molar-refractivity contribution in [2.75, 3.05) is 21.0 Å². The molecule has 2 heterocycles. The Morgan fingerprint density at radius 1 is 1.08 bits per heavy atom. The minimum absolute atomic E-state index is 0.0538. The second-order valence-corrected chi connectivity index (χ2v) is 8.61. The molecule has 0 atom stereocenters. The molecule has 0 unspecified atom stereocenters. The van der Waals surface area contributed by atoms with Crippen LogP contribution in [0.15, 0.2) is 54.3 Å². The summed E-state index contributed by atoms with van der Waals surface area (Å²) in [6, 6.07) is 13.7. The summed E-state index contributed by atoms with van der Waals surface area (Å²) in [5.74, 6) is 2.36. The Balaban J connectivity index is 1.39. The number of fused-ring (bicyclic) bond motifs is 2. The molecule has 0 saturated heterocycles. The number of carbonyl (C=O) groups is 1. The van der Waals surface area contributed by atoms with E-state index < -0.39 is 4.92 Å². The van der Waals surface area contributed by atoms with Gasteiger partial charge in [0.25, 0.3) is 5.69 Å². The Morgan fingerprint density at radius 3 is 2.64 bits per heavy atom. The van der Waals surface area contributed by atoms with E-state index >= 15 is 0 Å². The molecule has 3 aromatic carbocycles. The standard InChI is InChI=1S/C27H24N2O7/c1-16-26-19(14-28(15-35-26)13-18-7-8-22(33-2)23(11-18)34-3)12-21-25(30)24(36-27(16)21)10-17-5-4-6-20(9-17)29(31)32/h4-12H,13-15H2,1-3H3/b24-10-. The number of benzene rings is 3. The van der Waals surface area contributed by atoms with Crippen LogP contribution in [0, 0.1) is 17.0 Å². The number of ketones is 1. The van der Waals surface area contributed by atoms with E-state index in [0.29, 0.717) is 53.9 Å². The SMILES string of the molecule is COc1ccc(CN2COc3c(cc4c(c3C)O/C(=C\c3cccc([N+](=O)[O-])c3)C4=O)C2)cc1OC. The Bertz CT molecular complexity index is 1410. The molecule has 9 heteroatoms. The molecule has 0 aliphatic carbocycles. The van der Waals surface area contributed by atoms with E-state index in [1.54, 1.807) is 26.4 Å². The maximum atomic E-state index is 13.2. The van der Waals surface area contributed by atoms with E-state index in [1.165, 1.54) is 18.2 Å². The molecule has 0 amide bonds. The van der Waals surface area contributed by atoms with Gasteiger partial charge in [0.05, 0.1) is 24.7 Å². The minimum Gasteiger partial charge on any atom is -0.493 e. The molecule has 2 aliphatic heterocycles. The summed E-state index contributed by atoms with van der Waals surface area (Å²) in [5, 5.41) is 11.1. The number of hydrogen-bond donors (Lipinski definition) is 0. The van der Waals surface area contributed by atoms with Crippen LogP contribution in [0.3, 0.4) is 0 Å². The number of nitro benzene ring substituents is 1. The summed E-state index contributed by atoms with van der Waals surface area (Å²) in [6.07, 6.45) is 1.53. The third-order valence-electron chi connectivity index (χ3n) is 6.23. The molecule has 184 valence electrons. The fraction of sp³-hybridized carbons (Fsp3) is 0.222. The highest BCUT2D eigenvalue weighted by molar-refractivity contribution is 6.15. The van der Waals surface area contributed by atoms with Crippen molar-refractivity contribution in [1.29, 1.82) is 0 Å². The van der Waals surface area contributed by atoms with Gasteiger partial charge in [-0.05, 0) is 42.3 Å². The second-order valence-electron chi connectivity index (χ2n) is 8.61. The molecule has 36 heavy (non-hydrogen) atoms. The van der Waals surface area contributed by atoms with Crippen molar-refractivity contribution in [3.63, 3.8) is 0 Å². The van der Waals surface area contributed by atoms with E-state index in [-0.39, 0.29) is 17.2 Å². The Hall–Kier alpha value is -4.37. The highest BCUT2D eigenvalue weighted by Gasteiger charge is 2.33. The summed E-state index contributed by atoms with van der Waals surface area (Å²) in [7, 11) is 3.20. The molecule has 0 fully saturated rings. The van der Waals surface area contributed by atoms with Crippen LogP contribution in [0.4, 0.5) is 5.69 Å². The zero-order chi connectivity index (χ0) is 25.4. The number of ether oxygens (including phenoxy) is 4. The lowest BCUT2D eigenvalue weighted by Gasteiger charge is -2.30.